The van der Waals surface area contributed by atoms with Crippen LogP contribution in [-0.4, -0.2) is 7.11 Å². The lowest BCUT2D eigenvalue weighted by Gasteiger charge is -2.16. The van der Waals surface area contributed by atoms with E-state index in [9.17, 15) is 0 Å². The number of halogens is 3. The minimum absolute atomic E-state index is 0.171. The number of methoxy groups -OCH3 is 1. The van der Waals surface area contributed by atoms with E-state index in [1.165, 1.54) is 3.57 Å². The van der Waals surface area contributed by atoms with Gasteiger partial charge in [-0.05, 0) is 76.5 Å². The molecule has 19 heavy (non-hydrogen) atoms. The lowest BCUT2D eigenvalue weighted by molar-refractivity contribution is 0.414. The highest BCUT2D eigenvalue weighted by molar-refractivity contribution is 14.1. The van der Waals surface area contributed by atoms with E-state index in [2.05, 4.69) is 57.6 Å². The predicted octanol–water partition coefficient (Wildman–Crippen LogP) is 5.70. The maximum atomic E-state index is 6.64. The summed E-state index contributed by atoms with van der Waals surface area (Å²) < 4.78 is 7.43. The normalized spacial score (nSPS) is 12.3. The zero-order chi connectivity index (χ0) is 14.0. The maximum absolute atomic E-state index is 6.64. The molecule has 0 bridgehead atoms. The molecular weight excluding hydrogens is 438 g/mol. The van der Waals surface area contributed by atoms with E-state index in [1.54, 1.807) is 7.11 Å². The molecule has 2 rings (SSSR count). The van der Waals surface area contributed by atoms with E-state index in [1.807, 2.05) is 24.3 Å². The van der Waals surface area contributed by atoms with Gasteiger partial charge in [0.25, 0.3) is 0 Å². The van der Waals surface area contributed by atoms with Crippen LogP contribution in [0.1, 0.15) is 22.1 Å². The average Bonchev–Trinajstić information content (AvgIpc) is 2.40. The van der Waals surface area contributed by atoms with E-state index in [0.29, 0.717) is 0 Å². The Hall–Kier alpha value is -0.260. The standard InChI is InChI=1S/C15H13BrClIO/c1-9-7-11(19-2)4-5-12(9)15(17)13-8-10(18)3-6-14(13)16/h3-8,15H,1-2H3. The molecule has 100 valence electrons. The van der Waals surface area contributed by atoms with E-state index >= 15 is 0 Å². The van der Waals surface area contributed by atoms with Crippen LogP contribution in [0, 0.1) is 10.5 Å². The number of benzene rings is 2. The van der Waals surface area contributed by atoms with Gasteiger partial charge in [0.2, 0.25) is 0 Å². The van der Waals surface area contributed by atoms with Gasteiger partial charge in [-0.3, -0.25) is 0 Å². The molecule has 0 amide bonds. The topological polar surface area (TPSA) is 9.23 Å². The molecule has 0 saturated carbocycles. The quantitative estimate of drug-likeness (QED) is 0.430. The highest BCUT2D eigenvalue weighted by Gasteiger charge is 2.16. The Balaban J connectivity index is 2.43. The van der Waals surface area contributed by atoms with Crippen LogP contribution in [0.15, 0.2) is 40.9 Å². The molecule has 0 saturated heterocycles. The number of hydrogen-bond acceptors (Lipinski definition) is 1. The Kier molecular flexibility index (Phi) is 5.15. The molecule has 2 aromatic carbocycles. The lowest BCUT2D eigenvalue weighted by atomic mass is 10.00. The molecule has 0 spiro atoms. The minimum Gasteiger partial charge on any atom is -0.497 e. The second-order valence-electron chi connectivity index (χ2n) is 4.25. The first-order chi connectivity index (χ1) is 9.02. The fourth-order valence-electron chi connectivity index (χ4n) is 1.94. The predicted molar refractivity (Wildman–Crippen MR) is 92.3 cm³/mol. The third-order valence-corrected chi connectivity index (χ3v) is 4.84. The van der Waals surface area contributed by atoms with Crippen LogP contribution in [-0.2, 0) is 0 Å². The Labute approximate surface area is 140 Å². The molecule has 0 aliphatic heterocycles. The molecule has 0 heterocycles. The Bertz CT molecular complexity index is 601. The van der Waals surface area contributed by atoms with Crippen LogP contribution >= 0.6 is 50.1 Å². The summed E-state index contributed by atoms with van der Waals surface area (Å²) in [5, 5.41) is -0.171. The summed E-state index contributed by atoms with van der Waals surface area (Å²) in [7, 11) is 1.67. The van der Waals surface area contributed by atoms with E-state index in [0.717, 1.165) is 26.9 Å². The van der Waals surface area contributed by atoms with Gasteiger partial charge in [-0.2, -0.15) is 0 Å². The first-order valence-electron chi connectivity index (χ1n) is 5.76. The van der Waals surface area contributed by atoms with Gasteiger partial charge in [0.05, 0.1) is 12.5 Å². The summed E-state index contributed by atoms with van der Waals surface area (Å²) in [6.45, 7) is 2.05. The van der Waals surface area contributed by atoms with Crippen LogP contribution in [0.3, 0.4) is 0 Å². The molecule has 0 fully saturated rings. The first kappa shape index (κ1) is 15.1. The second kappa shape index (κ2) is 6.46. The molecule has 0 aliphatic rings. The summed E-state index contributed by atoms with van der Waals surface area (Å²) in [6.07, 6.45) is 0. The van der Waals surface area contributed by atoms with Crippen molar-refractivity contribution in [2.45, 2.75) is 12.3 Å². The van der Waals surface area contributed by atoms with Crippen LogP contribution in [0.5, 0.6) is 5.75 Å². The molecule has 0 aromatic heterocycles. The molecule has 2 aromatic rings. The van der Waals surface area contributed by atoms with Crippen molar-refractivity contribution >= 4 is 50.1 Å². The molecule has 1 nitrogen and oxygen atoms in total. The third-order valence-electron chi connectivity index (χ3n) is 2.98. The zero-order valence-electron chi connectivity index (χ0n) is 10.6. The third kappa shape index (κ3) is 3.44. The van der Waals surface area contributed by atoms with Gasteiger partial charge in [0.1, 0.15) is 5.75 Å². The van der Waals surface area contributed by atoms with Crippen molar-refractivity contribution in [3.8, 4) is 5.75 Å². The Morgan fingerprint density at radius 1 is 1.16 bits per heavy atom. The van der Waals surface area contributed by atoms with E-state index in [4.69, 9.17) is 16.3 Å². The largest absolute Gasteiger partial charge is 0.497 e. The van der Waals surface area contributed by atoms with Crippen molar-refractivity contribution in [2.75, 3.05) is 7.11 Å². The SMILES string of the molecule is COc1ccc(C(Cl)c2cc(I)ccc2Br)c(C)c1. The summed E-state index contributed by atoms with van der Waals surface area (Å²) in [5.74, 6) is 0.854. The molecular formula is C15H13BrClIO. The van der Waals surface area contributed by atoms with Crippen molar-refractivity contribution in [3.63, 3.8) is 0 Å². The smallest absolute Gasteiger partial charge is 0.119 e. The second-order valence-corrected chi connectivity index (χ2v) is 6.79. The van der Waals surface area contributed by atoms with Crippen molar-refractivity contribution in [2.24, 2.45) is 0 Å². The molecule has 1 unspecified atom stereocenters. The summed E-state index contributed by atoms with van der Waals surface area (Å²) >= 11 is 12.5. The monoisotopic (exact) mass is 450 g/mol. The summed E-state index contributed by atoms with van der Waals surface area (Å²) in [4.78, 5) is 0. The molecule has 0 N–H and O–H groups in total. The molecule has 0 radical (unpaired) electrons. The van der Waals surface area contributed by atoms with E-state index in [-0.39, 0.29) is 5.38 Å². The van der Waals surface area contributed by atoms with Gasteiger partial charge in [-0.15, -0.1) is 11.6 Å². The Morgan fingerprint density at radius 2 is 1.89 bits per heavy atom. The molecule has 1 atom stereocenters. The first-order valence-corrected chi connectivity index (χ1v) is 8.07. The number of hydrogen-bond donors (Lipinski definition) is 0. The lowest BCUT2D eigenvalue weighted by Crippen LogP contribution is -1.98. The highest BCUT2D eigenvalue weighted by Crippen LogP contribution is 2.37. The number of rotatable bonds is 3. The van der Waals surface area contributed by atoms with Crippen molar-refractivity contribution in [1.82, 2.24) is 0 Å². The van der Waals surface area contributed by atoms with Gasteiger partial charge in [0.15, 0.2) is 0 Å². The van der Waals surface area contributed by atoms with E-state index < -0.39 is 0 Å². The van der Waals surface area contributed by atoms with Gasteiger partial charge >= 0.3 is 0 Å². The molecule has 4 heteroatoms. The van der Waals surface area contributed by atoms with Crippen molar-refractivity contribution < 1.29 is 4.74 Å². The van der Waals surface area contributed by atoms with Gasteiger partial charge in [-0.1, -0.05) is 22.0 Å². The number of ether oxygens (including phenoxy) is 1. The Morgan fingerprint density at radius 3 is 2.53 bits per heavy atom. The maximum Gasteiger partial charge on any atom is 0.119 e. The number of alkyl halides is 1. The summed E-state index contributed by atoms with van der Waals surface area (Å²) in [6, 6.07) is 12.2. The number of aryl methyl sites for hydroxylation is 1. The molecule has 0 aliphatic carbocycles. The van der Waals surface area contributed by atoms with Gasteiger partial charge in [0, 0.05) is 8.04 Å². The fraction of sp³-hybridized carbons (Fsp3) is 0.200. The van der Waals surface area contributed by atoms with Crippen LogP contribution in [0.2, 0.25) is 0 Å². The fourth-order valence-corrected chi connectivity index (χ4v) is 3.48. The van der Waals surface area contributed by atoms with Crippen LogP contribution < -0.4 is 4.74 Å². The van der Waals surface area contributed by atoms with Gasteiger partial charge < -0.3 is 4.74 Å². The van der Waals surface area contributed by atoms with Gasteiger partial charge in [-0.25, -0.2) is 0 Å². The highest BCUT2D eigenvalue weighted by atomic mass is 127. The summed E-state index contributed by atoms with van der Waals surface area (Å²) in [5.41, 5.74) is 3.32. The zero-order valence-corrected chi connectivity index (χ0v) is 15.1. The average molecular weight is 452 g/mol. The van der Waals surface area contributed by atoms with Crippen molar-refractivity contribution in [3.05, 3.63) is 61.1 Å². The van der Waals surface area contributed by atoms with Crippen molar-refractivity contribution in [1.29, 1.82) is 0 Å². The van der Waals surface area contributed by atoms with Crippen LogP contribution in [0.4, 0.5) is 0 Å². The minimum atomic E-state index is -0.171. The van der Waals surface area contributed by atoms with Crippen LogP contribution in [0.25, 0.3) is 0 Å².